The molecule has 2 heterocycles. The molecule has 2 aromatic rings. The minimum atomic E-state index is -0.127. The highest BCUT2D eigenvalue weighted by Gasteiger charge is 2.25. The first-order chi connectivity index (χ1) is 9.74. The number of hydrogen-bond donors (Lipinski definition) is 1. The van der Waals surface area contributed by atoms with Crippen LogP contribution in [0.4, 0.5) is 5.88 Å². The number of benzene rings is 1. The molecular formula is C14H13ClN2O3. The van der Waals surface area contributed by atoms with Gasteiger partial charge in [-0.3, -0.25) is 10.1 Å². The van der Waals surface area contributed by atoms with Crippen molar-refractivity contribution in [3.8, 4) is 11.1 Å². The highest BCUT2D eigenvalue weighted by molar-refractivity contribution is 6.30. The van der Waals surface area contributed by atoms with E-state index < -0.39 is 0 Å². The lowest BCUT2D eigenvalue weighted by molar-refractivity contribution is -0.119. The smallest absolute Gasteiger partial charge is 0.239 e. The number of carbonyl (C=O) groups excluding carboxylic acids is 1. The Morgan fingerprint density at radius 2 is 2.15 bits per heavy atom. The molecule has 0 bridgehead atoms. The summed E-state index contributed by atoms with van der Waals surface area (Å²) in [6.07, 6.45) is 2.31. The zero-order valence-electron chi connectivity index (χ0n) is 10.6. The van der Waals surface area contributed by atoms with Gasteiger partial charge >= 0.3 is 0 Å². The molecule has 3 rings (SSSR count). The lowest BCUT2D eigenvalue weighted by Crippen LogP contribution is -2.22. The Balaban J connectivity index is 1.79. The van der Waals surface area contributed by atoms with Crippen LogP contribution in [0, 0.1) is 5.92 Å². The van der Waals surface area contributed by atoms with Crippen molar-refractivity contribution in [2.75, 3.05) is 18.5 Å². The molecule has 1 fully saturated rings. The molecule has 5 nitrogen and oxygen atoms in total. The first-order valence-corrected chi connectivity index (χ1v) is 6.71. The lowest BCUT2D eigenvalue weighted by atomic mass is 10.1. The number of aromatic nitrogens is 1. The first kappa shape index (κ1) is 13.1. The van der Waals surface area contributed by atoms with E-state index in [1.165, 1.54) is 0 Å². The fraction of sp³-hybridized carbons (Fsp3) is 0.286. The molecule has 1 unspecified atom stereocenters. The molecule has 1 saturated heterocycles. The summed E-state index contributed by atoms with van der Waals surface area (Å²) in [6, 6.07) is 7.26. The largest absolute Gasteiger partial charge is 0.381 e. The Morgan fingerprint density at radius 3 is 2.85 bits per heavy atom. The Kier molecular flexibility index (Phi) is 3.71. The molecule has 0 saturated carbocycles. The van der Waals surface area contributed by atoms with Crippen LogP contribution in [-0.4, -0.2) is 24.3 Å². The summed E-state index contributed by atoms with van der Waals surface area (Å²) in [5.74, 6) is 0.122. The van der Waals surface area contributed by atoms with Gasteiger partial charge in [0.2, 0.25) is 11.8 Å². The summed E-state index contributed by atoms with van der Waals surface area (Å²) in [6.45, 7) is 1.08. The van der Waals surface area contributed by atoms with E-state index in [1.807, 2.05) is 12.1 Å². The standard InChI is InChI=1S/C14H13ClN2O3/c15-11-3-1-9(2-4-11)12-7-16-20-14(12)17-13(18)10-5-6-19-8-10/h1-4,7,10H,5-6,8H2,(H,17,18). The van der Waals surface area contributed by atoms with Gasteiger partial charge in [-0.25, -0.2) is 0 Å². The van der Waals surface area contributed by atoms with Crippen molar-refractivity contribution in [1.29, 1.82) is 0 Å². The number of carbonyl (C=O) groups is 1. The molecule has 1 atom stereocenters. The van der Waals surface area contributed by atoms with Crippen molar-refractivity contribution in [1.82, 2.24) is 5.16 Å². The van der Waals surface area contributed by atoms with Gasteiger partial charge < -0.3 is 9.26 Å². The molecule has 1 amide bonds. The average Bonchev–Trinajstić information content (AvgIpc) is 3.10. The maximum atomic E-state index is 12.1. The van der Waals surface area contributed by atoms with Crippen molar-refractivity contribution >= 4 is 23.4 Å². The molecule has 104 valence electrons. The second-order valence-corrected chi connectivity index (χ2v) is 5.06. The quantitative estimate of drug-likeness (QED) is 0.944. The van der Waals surface area contributed by atoms with Crippen molar-refractivity contribution in [3.63, 3.8) is 0 Å². The summed E-state index contributed by atoms with van der Waals surface area (Å²) in [4.78, 5) is 12.1. The maximum Gasteiger partial charge on any atom is 0.239 e. The zero-order valence-corrected chi connectivity index (χ0v) is 11.4. The van der Waals surface area contributed by atoms with E-state index in [0.717, 1.165) is 17.5 Å². The molecule has 20 heavy (non-hydrogen) atoms. The second kappa shape index (κ2) is 5.64. The Hall–Kier alpha value is -1.85. The van der Waals surface area contributed by atoms with Crippen LogP contribution in [0.5, 0.6) is 0 Å². The third kappa shape index (κ3) is 2.69. The van der Waals surface area contributed by atoms with Crippen LogP contribution >= 0.6 is 11.6 Å². The van der Waals surface area contributed by atoms with E-state index >= 15 is 0 Å². The van der Waals surface area contributed by atoms with E-state index in [0.29, 0.717) is 24.1 Å². The number of amides is 1. The van der Waals surface area contributed by atoms with E-state index in [9.17, 15) is 4.79 Å². The third-order valence-corrected chi connectivity index (χ3v) is 3.51. The fourth-order valence-electron chi connectivity index (χ4n) is 2.12. The number of hydrogen-bond acceptors (Lipinski definition) is 4. The monoisotopic (exact) mass is 292 g/mol. The first-order valence-electron chi connectivity index (χ1n) is 6.33. The summed E-state index contributed by atoms with van der Waals surface area (Å²) in [5, 5.41) is 7.16. The van der Waals surface area contributed by atoms with Crippen LogP contribution in [0.3, 0.4) is 0 Å². The van der Waals surface area contributed by atoms with Gasteiger partial charge in [-0.05, 0) is 24.1 Å². The van der Waals surface area contributed by atoms with Crippen LogP contribution in [0.1, 0.15) is 6.42 Å². The molecule has 0 aliphatic carbocycles. The van der Waals surface area contributed by atoms with Crippen LogP contribution in [0.15, 0.2) is 35.0 Å². The SMILES string of the molecule is O=C(Nc1oncc1-c1ccc(Cl)cc1)C1CCOC1. The molecule has 1 aromatic carbocycles. The van der Waals surface area contributed by atoms with Crippen LogP contribution in [-0.2, 0) is 9.53 Å². The van der Waals surface area contributed by atoms with Gasteiger partial charge in [-0.2, -0.15) is 0 Å². The van der Waals surface area contributed by atoms with Gasteiger partial charge in [0, 0.05) is 11.6 Å². The minimum absolute atomic E-state index is 0.102. The summed E-state index contributed by atoms with van der Waals surface area (Å²) < 4.78 is 10.3. The Morgan fingerprint density at radius 1 is 1.35 bits per heavy atom. The number of nitrogens with one attached hydrogen (secondary N) is 1. The van der Waals surface area contributed by atoms with E-state index in [2.05, 4.69) is 10.5 Å². The highest BCUT2D eigenvalue weighted by Crippen LogP contribution is 2.29. The summed E-state index contributed by atoms with van der Waals surface area (Å²) in [7, 11) is 0. The molecule has 0 radical (unpaired) electrons. The molecule has 1 aliphatic heterocycles. The zero-order chi connectivity index (χ0) is 13.9. The van der Waals surface area contributed by atoms with Crippen LogP contribution in [0.25, 0.3) is 11.1 Å². The number of rotatable bonds is 3. The Labute approximate surface area is 120 Å². The maximum absolute atomic E-state index is 12.1. The van der Waals surface area contributed by atoms with E-state index in [-0.39, 0.29) is 11.8 Å². The topological polar surface area (TPSA) is 64.4 Å². The van der Waals surface area contributed by atoms with E-state index in [1.54, 1.807) is 18.3 Å². The lowest BCUT2D eigenvalue weighted by Gasteiger charge is -2.08. The molecule has 0 spiro atoms. The average molecular weight is 293 g/mol. The summed E-state index contributed by atoms with van der Waals surface area (Å²) >= 11 is 5.86. The van der Waals surface area contributed by atoms with Gasteiger partial charge in [-0.1, -0.05) is 28.9 Å². The van der Waals surface area contributed by atoms with Crippen molar-refractivity contribution in [2.24, 2.45) is 5.92 Å². The molecule has 1 aromatic heterocycles. The van der Waals surface area contributed by atoms with Crippen LogP contribution < -0.4 is 5.32 Å². The Bertz CT molecular complexity index is 603. The van der Waals surface area contributed by atoms with Gasteiger partial charge in [-0.15, -0.1) is 0 Å². The third-order valence-electron chi connectivity index (χ3n) is 3.26. The predicted molar refractivity (Wildman–Crippen MR) is 74.5 cm³/mol. The van der Waals surface area contributed by atoms with Gasteiger partial charge in [0.05, 0.1) is 24.3 Å². The second-order valence-electron chi connectivity index (χ2n) is 4.63. The van der Waals surface area contributed by atoms with Crippen molar-refractivity contribution in [3.05, 3.63) is 35.5 Å². The molecule has 6 heteroatoms. The number of halogens is 1. The van der Waals surface area contributed by atoms with Gasteiger partial charge in [0.15, 0.2) is 0 Å². The number of ether oxygens (including phenoxy) is 1. The summed E-state index contributed by atoms with van der Waals surface area (Å²) in [5.41, 5.74) is 1.61. The number of anilines is 1. The van der Waals surface area contributed by atoms with Crippen molar-refractivity contribution in [2.45, 2.75) is 6.42 Å². The van der Waals surface area contributed by atoms with E-state index in [4.69, 9.17) is 20.9 Å². The van der Waals surface area contributed by atoms with Gasteiger partial charge in [0.25, 0.3) is 0 Å². The predicted octanol–water partition coefficient (Wildman–Crippen LogP) is 2.97. The number of nitrogens with zero attached hydrogens (tertiary/aromatic N) is 1. The van der Waals surface area contributed by atoms with Gasteiger partial charge in [0.1, 0.15) is 0 Å². The molecular weight excluding hydrogens is 280 g/mol. The molecule has 1 N–H and O–H groups in total. The van der Waals surface area contributed by atoms with Crippen LogP contribution in [0.2, 0.25) is 5.02 Å². The highest BCUT2D eigenvalue weighted by atomic mass is 35.5. The normalized spacial score (nSPS) is 18.1. The molecule has 1 aliphatic rings. The van der Waals surface area contributed by atoms with Crippen molar-refractivity contribution < 1.29 is 14.1 Å². The fourth-order valence-corrected chi connectivity index (χ4v) is 2.25. The minimum Gasteiger partial charge on any atom is -0.381 e.